The number of anilines is 1. The highest BCUT2D eigenvalue weighted by atomic mass is 35.5. The van der Waals surface area contributed by atoms with Gasteiger partial charge in [-0.05, 0) is 31.3 Å². The molecule has 21 heavy (non-hydrogen) atoms. The number of amides is 1. The molecular formula is C14H17ClN2O4. The molecule has 0 fully saturated rings. The van der Waals surface area contributed by atoms with Gasteiger partial charge >= 0.3 is 5.97 Å². The molecule has 0 aliphatic rings. The van der Waals surface area contributed by atoms with Crippen LogP contribution in [0.3, 0.4) is 0 Å². The second kappa shape index (κ2) is 7.66. The van der Waals surface area contributed by atoms with Crippen molar-refractivity contribution in [3.8, 4) is 0 Å². The summed E-state index contributed by atoms with van der Waals surface area (Å²) in [5.41, 5.74) is 1.23. The maximum Gasteiger partial charge on any atom is 0.373 e. The number of carbonyl (C=O) groups excluding carboxylic acids is 2. The molecule has 0 unspecified atom stereocenters. The minimum absolute atomic E-state index is 0. The Labute approximate surface area is 128 Å². The molecule has 0 atom stereocenters. The van der Waals surface area contributed by atoms with Crippen molar-refractivity contribution in [3.05, 3.63) is 30.0 Å². The van der Waals surface area contributed by atoms with Gasteiger partial charge in [0.05, 0.1) is 7.11 Å². The van der Waals surface area contributed by atoms with Gasteiger partial charge in [-0.3, -0.25) is 4.79 Å². The van der Waals surface area contributed by atoms with Gasteiger partial charge in [0.25, 0.3) is 0 Å². The van der Waals surface area contributed by atoms with Crippen LogP contribution in [0.5, 0.6) is 0 Å². The Morgan fingerprint density at radius 1 is 1.29 bits per heavy atom. The minimum atomic E-state index is -0.527. The zero-order valence-electron chi connectivity index (χ0n) is 11.8. The number of rotatable bonds is 5. The highest BCUT2D eigenvalue weighted by molar-refractivity contribution is 5.96. The van der Waals surface area contributed by atoms with Crippen LogP contribution in [0.25, 0.3) is 11.0 Å². The number of halogens is 1. The predicted molar refractivity (Wildman–Crippen MR) is 82.0 cm³/mol. The van der Waals surface area contributed by atoms with Crippen LogP contribution in [0, 0.1) is 0 Å². The van der Waals surface area contributed by atoms with Crippen LogP contribution in [0.2, 0.25) is 0 Å². The van der Waals surface area contributed by atoms with Crippen molar-refractivity contribution in [2.24, 2.45) is 0 Å². The molecule has 0 radical (unpaired) electrons. The van der Waals surface area contributed by atoms with Gasteiger partial charge in [0, 0.05) is 24.0 Å². The second-order valence-corrected chi connectivity index (χ2v) is 4.26. The van der Waals surface area contributed by atoms with Crippen LogP contribution in [-0.4, -0.2) is 32.6 Å². The summed E-state index contributed by atoms with van der Waals surface area (Å²) in [4.78, 5) is 23.0. The van der Waals surface area contributed by atoms with Crippen LogP contribution in [-0.2, 0) is 9.53 Å². The maximum atomic E-state index is 11.6. The Morgan fingerprint density at radius 2 is 2.05 bits per heavy atom. The fraction of sp³-hybridized carbons (Fsp3) is 0.286. The van der Waals surface area contributed by atoms with Crippen LogP contribution in [0.4, 0.5) is 5.69 Å². The number of benzene rings is 1. The van der Waals surface area contributed by atoms with Crippen molar-refractivity contribution < 1.29 is 18.7 Å². The molecule has 0 saturated carbocycles. The van der Waals surface area contributed by atoms with Crippen LogP contribution in [0.1, 0.15) is 17.0 Å². The van der Waals surface area contributed by atoms with E-state index in [2.05, 4.69) is 15.4 Å². The molecule has 1 amide bonds. The monoisotopic (exact) mass is 312 g/mol. The van der Waals surface area contributed by atoms with Crippen LogP contribution >= 0.6 is 12.4 Å². The normalized spacial score (nSPS) is 10.0. The number of ether oxygens (including phenoxy) is 1. The fourth-order valence-corrected chi connectivity index (χ4v) is 1.78. The van der Waals surface area contributed by atoms with Gasteiger partial charge < -0.3 is 19.8 Å². The van der Waals surface area contributed by atoms with E-state index in [4.69, 9.17) is 4.42 Å². The largest absolute Gasteiger partial charge is 0.463 e. The maximum absolute atomic E-state index is 11.6. The number of nitrogens with one attached hydrogen (secondary N) is 2. The Balaban J connectivity index is 0.00000220. The first-order valence-corrected chi connectivity index (χ1v) is 6.20. The zero-order chi connectivity index (χ0) is 14.5. The number of methoxy groups -OCH3 is 1. The van der Waals surface area contributed by atoms with Crippen molar-refractivity contribution in [1.82, 2.24) is 5.32 Å². The Hall–Kier alpha value is -2.05. The van der Waals surface area contributed by atoms with E-state index in [1.54, 1.807) is 31.3 Å². The van der Waals surface area contributed by atoms with E-state index in [-0.39, 0.29) is 24.1 Å². The zero-order valence-corrected chi connectivity index (χ0v) is 12.6. The average molecular weight is 313 g/mol. The summed E-state index contributed by atoms with van der Waals surface area (Å²) in [6.45, 7) is 0.617. The van der Waals surface area contributed by atoms with E-state index in [1.807, 2.05) is 0 Å². The standard InChI is InChI=1S/C14H16N2O4.ClH/c1-15-6-5-13(17)16-10-3-4-11-9(7-10)8-12(20-11)14(18)19-2;/h3-4,7-8,15H,5-6H2,1-2H3,(H,16,17);1H. The van der Waals surface area contributed by atoms with Crippen molar-refractivity contribution in [2.75, 3.05) is 26.0 Å². The van der Waals surface area contributed by atoms with E-state index in [9.17, 15) is 9.59 Å². The number of carbonyl (C=O) groups is 2. The molecule has 0 aliphatic heterocycles. The van der Waals surface area contributed by atoms with E-state index < -0.39 is 5.97 Å². The summed E-state index contributed by atoms with van der Waals surface area (Å²) >= 11 is 0. The summed E-state index contributed by atoms with van der Waals surface area (Å²) in [7, 11) is 3.09. The summed E-state index contributed by atoms with van der Waals surface area (Å²) in [5, 5.41) is 6.43. The first kappa shape index (κ1) is 17.0. The molecule has 2 rings (SSSR count). The van der Waals surface area contributed by atoms with Crippen molar-refractivity contribution in [2.45, 2.75) is 6.42 Å². The smallest absolute Gasteiger partial charge is 0.373 e. The first-order chi connectivity index (χ1) is 9.63. The van der Waals surface area contributed by atoms with Gasteiger partial charge in [0.1, 0.15) is 5.58 Å². The molecule has 0 spiro atoms. The molecule has 6 nitrogen and oxygen atoms in total. The average Bonchev–Trinajstić information content (AvgIpc) is 2.87. The lowest BCUT2D eigenvalue weighted by Gasteiger charge is -2.04. The first-order valence-electron chi connectivity index (χ1n) is 6.20. The summed E-state index contributed by atoms with van der Waals surface area (Å²) in [5.74, 6) is -0.461. The lowest BCUT2D eigenvalue weighted by molar-refractivity contribution is -0.116. The lowest BCUT2D eigenvalue weighted by atomic mass is 10.2. The Kier molecular flexibility index (Phi) is 6.20. The topological polar surface area (TPSA) is 80.6 Å². The van der Waals surface area contributed by atoms with E-state index in [1.165, 1.54) is 7.11 Å². The number of hydrogen-bond donors (Lipinski definition) is 2. The number of hydrogen-bond acceptors (Lipinski definition) is 5. The second-order valence-electron chi connectivity index (χ2n) is 4.26. The third kappa shape index (κ3) is 4.21. The van der Waals surface area contributed by atoms with Gasteiger partial charge in [-0.2, -0.15) is 0 Å². The molecule has 1 heterocycles. The lowest BCUT2D eigenvalue weighted by Crippen LogP contribution is -2.18. The predicted octanol–water partition coefficient (Wildman–Crippen LogP) is 2.19. The number of esters is 1. The summed E-state index contributed by atoms with van der Waals surface area (Å²) < 4.78 is 9.94. The van der Waals surface area contributed by atoms with Gasteiger partial charge in [0.15, 0.2) is 0 Å². The number of furan rings is 1. The third-order valence-corrected chi connectivity index (χ3v) is 2.79. The van der Waals surface area contributed by atoms with Crippen molar-refractivity contribution in [1.29, 1.82) is 0 Å². The molecule has 7 heteroatoms. The third-order valence-electron chi connectivity index (χ3n) is 2.79. The molecular weight excluding hydrogens is 296 g/mol. The van der Waals surface area contributed by atoms with Gasteiger partial charge in [-0.25, -0.2) is 4.79 Å². The minimum Gasteiger partial charge on any atom is -0.463 e. The number of fused-ring (bicyclic) bond motifs is 1. The Bertz CT molecular complexity index is 639. The summed E-state index contributed by atoms with van der Waals surface area (Å²) in [6, 6.07) is 6.77. The molecule has 114 valence electrons. The summed E-state index contributed by atoms with van der Waals surface area (Å²) in [6.07, 6.45) is 0.396. The van der Waals surface area contributed by atoms with E-state index >= 15 is 0 Å². The van der Waals surface area contributed by atoms with Crippen molar-refractivity contribution in [3.63, 3.8) is 0 Å². The molecule has 0 saturated heterocycles. The molecule has 0 aliphatic carbocycles. The van der Waals surface area contributed by atoms with Gasteiger partial charge in [-0.1, -0.05) is 0 Å². The highest BCUT2D eigenvalue weighted by Gasteiger charge is 2.12. The quantitative estimate of drug-likeness (QED) is 0.827. The van der Waals surface area contributed by atoms with Gasteiger partial charge in [-0.15, -0.1) is 12.4 Å². The van der Waals surface area contributed by atoms with E-state index in [0.717, 1.165) is 5.39 Å². The molecule has 2 aromatic rings. The van der Waals surface area contributed by atoms with Crippen LogP contribution in [0.15, 0.2) is 28.7 Å². The molecule has 1 aromatic heterocycles. The van der Waals surface area contributed by atoms with Gasteiger partial charge in [0.2, 0.25) is 11.7 Å². The van der Waals surface area contributed by atoms with E-state index in [0.29, 0.717) is 24.2 Å². The fourth-order valence-electron chi connectivity index (χ4n) is 1.78. The molecule has 1 aromatic carbocycles. The molecule has 0 bridgehead atoms. The Morgan fingerprint density at radius 3 is 2.71 bits per heavy atom. The highest BCUT2D eigenvalue weighted by Crippen LogP contribution is 2.23. The molecule has 2 N–H and O–H groups in total. The SMILES string of the molecule is CNCCC(=O)Nc1ccc2oc(C(=O)OC)cc2c1.Cl. The van der Waals surface area contributed by atoms with Crippen LogP contribution < -0.4 is 10.6 Å². The van der Waals surface area contributed by atoms with Crippen molar-refractivity contribution >= 4 is 40.9 Å².